The minimum absolute atomic E-state index is 0.148. The Balaban J connectivity index is 1.79. The molecule has 0 amide bonds. The van der Waals surface area contributed by atoms with E-state index in [2.05, 4.69) is 20.0 Å². The van der Waals surface area contributed by atoms with Crippen LogP contribution in [-0.4, -0.2) is 72.7 Å². The molecule has 0 aliphatic rings. The van der Waals surface area contributed by atoms with E-state index in [0.29, 0.717) is 17.2 Å². The number of aliphatic hydroxyl groups excluding tert-OH is 1. The van der Waals surface area contributed by atoms with Gasteiger partial charge in [0.05, 0.1) is 31.0 Å². The second kappa shape index (κ2) is 10.6. The maximum atomic E-state index is 13.7. The van der Waals surface area contributed by atoms with Gasteiger partial charge in [-0.05, 0) is 30.3 Å². The Kier molecular flexibility index (Phi) is 7.63. The first-order chi connectivity index (χ1) is 18.3. The maximum absolute atomic E-state index is 13.7. The molecule has 4 aromatic rings. The summed E-state index contributed by atoms with van der Waals surface area (Å²) in [5, 5.41) is 23.1. The molecule has 16 heteroatoms. The fourth-order valence-electron chi connectivity index (χ4n) is 3.90. The molecule has 0 fully saturated rings. The molecule has 0 bridgehead atoms. The molecule has 0 spiro atoms. The van der Waals surface area contributed by atoms with Crippen molar-refractivity contribution in [2.45, 2.75) is 11.0 Å². The lowest BCUT2D eigenvalue weighted by Gasteiger charge is -2.18. The minimum atomic E-state index is -4.41. The van der Waals surface area contributed by atoms with Gasteiger partial charge in [-0.1, -0.05) is 12.1 Å². The van der Waals surface area contributed by atoms with Crippen LogP contribution < -0.4 is 14.2 Å². The van der Waals surface area contributed by atoms with E-state index in [-0.39, 0.29) is 23.0 Å². The number of ether oxygens (including phenoxy) is 2. The summed E-state index contributed by atoms with van der Waals surface area (Å²) in [5.41, 5.74) is 0.350. The second-order valence-corrected chi connectivity index (χ2v) is 12.2. The molecule has 0 unspecified atom stereocenters. The van der Waals surface area contributed by atoms with Crippen LogP contribution in [0.2, 0.25) is 0 Å². The summed E-state index contributed by atoms with van der Waals surface area (Å²) in [4.78, 5) is -0.524. The number of aliphatic hydroxyl groups is 1. The smallest absolute Gasteiger partial charge is 0.243 e. The van der Waals surface area contributed by atoms with Gasteiger partial charge in [-0.15, -0.1) is 10.2 Å². The van der Waals surface area contributed by atoms with Crippen LogP contribution in [0.3, 0.4) is 0 Å². The molecule has 2 heterocycles. The van der Waals surface area contributed by atoms with Crippen LogP contribution in [0.25, 0.3) is 17.2 Å². The Morgan fingerprint density at radius 1 is 1.05 bits per heavy atom. The number of rotatable bonds is 10. The van der Waals surface area contributed by atoms with Gasteiger partial charge >= 0.3 is 0 Å². The predicted molar refractivity (Wildman–Crippen MR) is 139 cm³/mol. The molecule has 0 radical (unpaired) electrons. The number of sulfonamides is 1. The number of aromatic nitrogens is 5. The predicted octanol–water partition coefficient (Wildman–Crippen LogP) is 1.70. The first-order valence-corrected chi connectivity index (χ1v) is 14.7. The van der Waals surface area contributed by atoms with Gasteiger partial charge in [0.1, 0.15) is 28.7 Å². The van der Waals surface area contributed by atoms with Crippen molar-refractivity contribution in [3.63, 3.8) is 0 Å². The lowest BCUT2D eigenvalue weighted by atomic mass is 10.1. The molecule has 2 aromatic heterocycles. The highest BCUT2D eigenvalue weighted by molar-refractivity contribution is 7.92. The SMILES string of the molecule is COc1cccc(OC)c1-n1c(NS(=O)(=O)C[C@@H](O)c2ccc(F)cc2S(C)(=O)=O)nnc1-c1ccn(C)n1. The molecule has 0 aliphatic carbocycles. The largest absolute Gasteiger partial charge is 0.494 e. The normalized spacial score (nSPS) is 12.8. The monoisotopic (exact) mass is 580 g/mol. The van der Waals surface area contributed by atoms with Crippen LogP contribution in [0.1, 0.15) is 11.7 Å². The summed E-state index contributed by atoms with van der Waals surface area (Å²) in [6, 6.07) is 9.24. The second-order valence-electron chi connectivity index (χ2n) is 8.42. The number of hydrogen-bond acceptors (Lipinski definition) is 10. The lowest BCUT2D eigenvalue weighted by molar-refractivity contribution is 0.198. The minimum Gasteiger partial charge on any atom is -0.494 e. The van der Waals surface area contributed by atoms with Crippen LogP contribution in [0.5, 0.6) is 11.5 Å². The highest BCUT2D eigenvalue weighted by atomic mass is 32.2. The number of halogens is 1. The third-order valence-electron chi connectivity index (χ3n) is 5.59. The fraction of sp³-hybridized carbons (Fsp3) is 0.261. The molecule has 0 aliphatic heterocycles. The van der Waals surface area contributed by atoms with Crippen LogP contribution in [0.4, 0.5) is 10.3 Å². The van der Waals surface area contributed by atoms with Crippen molar-refractivity contribution in [1.82, 2.24) is 24.5 Å². The molecular weight excluding hydrogens is 555 g/mol. The fourth-order valence-corrected chi connectivity index (χ4v) is 5.95. The number of nitrogens with one attached hydrogen (secondary N) is 1. The van der Waals surface area contributed by atoms with Crippen molar-refractivity contribution in [1.29, 1.82) is 0 Å². The third kappa shape index (κ3) is 5.86. The Morgan fingerprint density at radius 2 is 1.72 bits per heavy atom. The van der Waals surface area contributed by atoms with E-state index in [9.17, 15) is 26.3 Å². The summed E-state index contributed by atoms with van der Waals surface area (Å²) >= 11 is 0. The van der Waals surface area contributed by atoms with Gasteiger partial charge in [-0.25, -0.2) is 21.2 Å². The van der Waals surface area contributed by atoms with E-state index in [1.807, 2.05) is 0 Å². The molecule has 2 aromatic carbocycles. The number of methoxy groups -OCH3 is 2. The molecule has 4 rings (SSSR count). The Morgan fingerprint density at radius 3 is 2.28 bits per heavy atom. The van der Waals surface area contributed by atoms with Gasteiger partial charge in [0.25, 0.3) is 0 Å². The van der Waals surface area contributed by atoms with Crippen LogP contribution in [0.15, 0.2) is 53.6 Å². The van der Waals surface area contributed by atoms with Crippen molar-refractivity contribution in [2.75, 3.05) is 31.0 Å². The zero-order chi connectivity index (χ0) is 28.5. The number of aryl methyl sites for hydroxylation is 1. The van der Waals surface area contributed by atoms with Crippen molar-refractivity contribution in [3.05, 3.63) is 60.0 Å². The van der Waals surface area contributed by atoms with E-state index < -0.39 is 42.4 Å². The quantitative estimate of drug-likeness (QED) is 0.282. The number of nitrogens with zero attached hydrogens (tertiary/aromatic N) is 5. The molecule has 1 atom stereocenters. The third-order valence-corrected chi connectivity index (χ3v) is 7.99. The first-order valence-electron chi connectivity index (χ1n) is 11.2. The molecular formula is C23H25FN6O7S2. The van der Waals surface area contributed by atoms with Gasteiger partial charge in [0, 0.05) is 25.1 Å². The van der Waals surface area contributed by atoms with Crippen LogP contribution in [0, 0.1) is 5.82 Å². The number of hydrogen-bond donors (Lipinski definition) is 2. The molecule has 0 saturated heterocycles. The summed E-state index contributed by atoms with van der Waals surface area (Å²) in [5.74, 6) is -1.36. The van der Waals surface area contributed by atoms with E-state index in [0.717, 1.165) is 24.5 Å². The van der Waals surface area contributed by atoms with Crippen molar-refractivity contribution in [3.8, 4) is 28.7 Å². The Hall–Kier alpha value is -4.02. The van der Waals surface area contributed by atoms with Gasteiger partial charge in [0.2, 0.25) is 16.0 Å². The van der Waals surface area contributed by atoms with E-state index in [4.69, 9.17) is 9.47 Å². The highest BCUT2D eigenvalue weighted by Gasteiger charge is 2.29. The van der Waals surface area contributed by atoms with Crippen LogP contribution in [-0.2, 0) is 26.9 Å². The van der Waals surface area contributed by atoms with E-state index in [1.165, 1.54) is 23.5 Å². The van der Waals surface area contributed by atoms with Crippen molar-refractivity contribution < 1.29 is 35.8 Å². The first kappa shape index (κ1) is 28.0. The van der Waals surface area contributed by atoms with Crippen molar-refractivity contribution in [2.24, 2.45) is 7.05 Å². The van der Waals surface area contributed by atoms with Crippen molar-refractivity contribution >= 4 is 25.8 Å². The molecule has 39 heavy (non-hydrogen) atoms. The molecule has 2 N–H and O–H groups in total. The molecule has 13 nitrogen and oxygen atoms in total. The van der Waals surface area contributed by atoms with E-state index in [1.54, 1.807) is 37.5 Å². The maximum Gasteiger partial charge on any atom is 0.243 e. The molecule has 0 saturated carbocycles. The van der Waals surface area contributed by atoms with E-state index >= 15 is 0 Å². The average Bonchev–Trinajstić information content (AvgIpc) is 3.47. The van der Waals surface area contributed by atoms with Crippen LogP contribution >= 0.6 is 0 Å². The Bertz CT molecular complexity index is 1710. The summed E-state index contributed by atoms with van der Waals surface area (Å²) in [7, 11) is -3.85. The number of sulfone groups is 1. The Labute approximate surface area is 223 Å². The summed E-state index contributed by atoms with van der Waals surface area (Å²) < 4.78 is 80.5. The summed E-state index contributed by atoms with van der Waals surface area (Å²) in [6.07, 6.45) is 0.670. The topological polar surface area (TPSA) is 168 Å². The number of para-hydroxylation sites is 1. The summed E-state index contributed by atoms with van der Waals surface area (Å²) in [6.45, 7) is 0. The van der Waals surface area contributed by atoms with Gasteiger partial charge in [-0.3, -0.25) is 14.0 Å². The zero-order valence-electron chi connectivity index (χ0n) is 21.2. The van der Waals surface area contributed by atoms with Gasteiger partial charge in [-0.2, -0.15) is 5.10 Å². The zero-order valence-corrected chi connectivity index (χ0v) is 22.9. The number of benzene rings is 2. The number of anilines is 1. The van der Waals surface area contributed by atoms with Gasteiger partial charge < -0.3 is 14.6 Å². The lowest BCUT2D eigenvalue weighted by Crippen LogP contribution is -2.24. The van der Waals surface area contributed by atoms with Gasteiger partial charge in [0.15, 0.2) is 15.7 Å². The molecule has 208 valence electrons. The standard InChI is InChI=1S/C23H25FN6O7S2/c1-29-11-10-16(27-29)22-25-26-23(30(22)21-18(36-2)6-5-7-19(21)37-3)28-39(34,35)13-17(31)15-9-8-14(24)12-20(15)38(4,32)33/h5-12,17,31H,13H2,1-4H3,(H,26,28)/t17-/m1/s1. The average molecular weight is 581 g/mol. The highest BCUT2D eigenvalue weighted by Crippen LogP contribution is 2.37.